The molecule has 0 aromatic carbocycles. The van der Waals surface area contributed by atoms with Crippen LogP contribution in [-0.4, -0.2) is 50.2 Å². The molecule has 4 heteroatoms. The first kappa shape index (κ1) is 12.2. The first-order valence-electron chi connectivity index (χ1n) is 5.42. The number of amides is 1. The lowest BCUT2D eigenvalue weighted by atomic mass is 10.2. The van der Waals surface area contributed by atoms with E-state index in [0.717, 1.165) is 25.9 Å². The summed E-state index contributed by atoms with van der Waals surface area (Å²) in [5.74, 6) is 0.0922. The number of carbonyl (C=O) groups excluding carboxylic acids is 1. The highest BCUT2D eigenvalue weighted by Gasteiger charge is 2.27. The molecule has 1 aliphatic rings. The maximum absolute atomic E-state index is 11.7. The van der Waals surface area contributed by atoms with Crippen LogP contribution in [0.2, 0.25) is 0 Å². The quantitative estimate of drug-likeness (QED) is 0.512. The van der Waals surface area contributed by atoms with Gasteiger partial charge in [-0.15, -0.1) is 6.58 Å². The van der Waals surface area contributed by atoms with Crippen molar-refractivity contribution in [1.29, 1.82) is 0 Å². The molecule has 0 aliphatic carbocycles. The van der Waals surface area contributed by atoms with Crippen LogP contribution in [0.1, 0.15) is 12.8 Å². The lowest BCUT2D eigenvalue weighted by Crippen LogP contribution is -2.42. The second-order valence-corrected chi connectivity index (χ2v) is 3.74. The number of nitrogens with zero attached hydrogens (tertiary/aromatic N) is 1. The molecule has 1 aliphatic heterocycles. The Bertz CT molecular complexity index is 219. The van der Waals surface area contributed by atoms with Gasteiger partial charge in [0.15, 0.2) is 0 Å². The Morgan fingerprint density at radius 3 is 3.20 bits per heavy atom. The Labute approximate surface area is 91.3 Å². The van der Waals surface area contributed by atoms with Crippen LogP contribution >= 0.6 is 0 Å². The molecule has 0 saturated carbocycles. The van der Waals surface area contributed by atoms with Crippen LogP contribution in [0.15, 0.2) is 12.7 Å². The highest BCUT2D eigenvalue weighted by atomic mass is 16.5. The number of likely N-dealkylation sites (N-methyl/N-ethyl adjacent to an activating group) is 1. The minimum absolute atomic E-state index is 0.0922. The van der Waals surface area contributed by atoms with Gasteiger partial charge >= 0.3 is 0 Å². The van der Waals surface area contributed by atoms with Crippen molar-refractivity contribution in [3.63, 3.8) is 0 Å². The van der Waals surface area contributed by atoms with Gasteiger partial charge in [0.05, 0.1) is 6.61 Å². The van der Waals surface area contributed by atoms with Crippen molar-refractivity contribution in [3.05, 3.63) is 12.7 Å². The van der Waals surface area contributed by atoms with Gasteiger partial charge in [-0.25, -0.2) is 0 Å². The summed E-state index contributed by atoms with van der Waals surface area (Å²) in [5, 5.41) is 3.11. The molecule has 1 atom stereocenters. The Hall–Kier alpha value is -0.870. The van der Waals surface area contributed by atoms with Gasteiger partial charge in [0, 0.05) is 19.1 Å². The summed E-state index contributed by atoms with van der Waals surface area (Å²) in [6.07, 6.45) is 3.84. The maximum atomic E-state index is 11.7. The minimum atomic E-state index is 0.0922. The van der Waals surface area contributed by atoms with Crippen LogP contribution in [0.3, 0.4) is 0 Å². The molecule has 0 aromatic rings. The van der Waals surface area contributed by atoms with Gasteiger partial charge in [0.1, 0.15) is 6.61 Å². The van der Waals surface area contributed by atoms with Crippen molar-refractivity contribution in [1.82, 2.24) is 10.2 Å². The summed E-state index contributed by atoms with van der Waals surface area (Å²) in [6, 6.07) is 0.342. The minimum Gasteiger partial charge on any atom is -0.368 e. The standard InChI is InChI=1S/C11H20N2O2/c1-3-7-15-9-11(14)13-6-4-5-10(13)8-12-2/h3,10,12H,1,4-9H2,2H3. The van der Waals surface area contributed by atoms with Gasteiger partial charge in [0.25, 0.3) is 0 Å². The number of hydrogen-bond acceptors (Lipinski definition) is 3. The van der Waals surface area contributed by atoms with Crippen LogP contribution in [0.4, 0.5) is 0 Å². The summed E-state index contributed by atoms with van der Waals surface area (Å²) in [4.78, 5) is 13.7. The van der Waals surface area contributed by atoms with Gasteiger partial charge in [-0.3, -0.25) is 4.79 Å². The second-order valence-electron chi connectivity index (χ2n) is 3.74. The van der Waals surface area contributed by atoms with Crippen molar-refractivity contribution in [2.45, 2.75) is 18.9 Å². The second kappa shape index (κ2) is 6.58. The van der Waals surface area contributed by atoms with Crippen LogP contribution < -0.4 is 5.32 Å². The first-order chi connectivity index (χ1) is 7.29. The van der Waals surface area contributed by atoms with Gasteiger partial charge in [-0.05, 0) is 19.9 Å². The van der Waals surface area contributed by atoms with Crippen LogP contribution in [0, 0.1) is 0 Å². The highest BCUT2D eigenvalue weighted by molar-refractivity contribution is 5.78. The van der Waals surface area contributed by atoms with Crippen LogP contribution in [-0.2, 0) is 9.53 Å². The Kier molecular flexibility index (Phi) is 5.36. The summed E-state index contributed by atoms with van der Waals surface area (Å²) in [5.41, 5.74) is 0. The highest BCUT2D eigenvalue weighted by Crippen LogP contribution is 2.16. The summed E-state index contributed by atoms with van der Waals surface area (Å²) in [7, 11) is 1.91. The maximum Gasteiger partial charge on any atom is 0.248 e. The molecule has 0 radical (unpaired) electrons. The molecule has 86 valence electrons. The third-order valence-electron chi connectivity index (χ3n) is 2.60. The van der Waals surface area contributed by atoms with Crippen LogP contribution in [0.25, 0.3) is 0 Å². The SMILES string of the molecule is C=CCOCC(=O)N1CCCC1CNC. The molecular weight excluding hydrogens is 192 g/mol. The summed E-state index contributed by atoms with van der Waals surface area (Å²) in [6.45, 7) is 5.89. The van der Waals surface area contributed by atoms with E-state index in [1.54, 1.807) is 6.08 Å². The van der Waals surface area contributed by atoms with E-state index in [-0.39, 0.29) is 12.5 Å². The molecule has 1 unspecified atom stereocenters. The fourth-order valence-corrected chi connectivity index (χ4v) is 1.92. The number of likely N-dealkylation sites (tertiary alicyclic amines) is 1. The average molecular weight is 212 g/mol. The van der Waals surface area contributed by atoms with E-state index < -0.39 is 0 Å². The largest absolute Gasteiger partial charge is 0.368 e. The van der Waals surface area contributed by atoms with Crippen molar-refractivity contribution in [2.75, 3.05) is 33.4 Å². The number of hydrogen-bond donors (Lipinski definition) is 1. The molecule has 0 aromatic heterocycles. The number of rotatable bonds is 6. The number of nitrogens with one attached hydrogen (secondary N) is 1. The molecule has 15 heavy (non-hydrogen) atoms. The molecule has 0 spiro atoms. The fourth-order valence-electron chi connectivity index (χ4n) is 1.92. The Morgan fingerprint density at radius 2 is 2.53 bits per heavy atom. The van der Waals surface area contributed by atoms with E-state index in [2.05, 4.69) is 11.9 Å². The zero-order valence-corrected chi connectivity index (χ0v) is 9.37. The molecule has 0 bridgehead atoms. The van der Waals surface area contributed by atoms with Crippen molar-refractivity contribution in [3.8, 4) is 0 Å². The van der Waals surface area contributed by atoms with Gasteiger partial charge in [0.2, 0.25) is 5.91 Å². The molecule has 1 amide bonds. The van der Waals surface area contributed by atoms with E-state index in [4.69, 9.17) is 4.74 Å². The van der Waals surface area contributed by atoms with Crippen molar-refractivity contribution in [2.24, 2.45) is 0 Å². The Balaban J connectivity index is 2.33. The normalized spacial score (nSPS) is 20.6. The van der Waals surface area contributed by atoms with E-state index in [9.17, 15) is 4.79 Å². The lowest BCUT2D eigenvalue weighted by molar-refractivity contribution is -0.136. The van der Waals surface area contributed by atoms with Gasteiger partial charge in [-0.2, -0.15) is 0 Å². The predicted octanol–water partition coefficient (Wildman–Crippen LogP) is 0.399. The molecule has 1 rings (SSSR count). The van der Waals surface area contributed by atoms with E-state index >= 15 is 0 Å². The number of ether oxygens (including phenoxy) is 1. The fraction of sp³-hybridized carbons (Fsp3) is 0.727. The van der Waals surface area contributed by atoms with Gasteiger partial charge in [-0.1, -0.05) is 6.08 Å². The predicted molar refractivity (Wildman–Crippen MR) is 59.7 cm³/mol. The third-order valence-corrected chi connectivity index (χ3v) is 2.60. The topological polar surface area (TPSA) is 41.6 Å². The lowest BCUT2D eigenvalue weighted by Gasteiger charge is -2.24. The molecule has 1 saturated heterocycles. The van der Waals surface area contributed by atoms with Crippen LogP contribution in [0.5, 0.6) is 0 Å². The summed E-state index contributed by atoms with van der Waals surface area (Å²) >= 11 is 0. The molecule has 4 nitrogen and oxygen atoms in total. The van der Waals surface area contributed by atoms with E-state index in [1.807, 2.05) is 11.9 Å². The van der Waals surface area contributed by atoms with Crippen molar-refractivity contribution < 1.29 is 9.53 Å². The zero-order chi connectivity index (χ0) is 11.1. The smallest absolute Gasteiger partial charge is 0.248 e. The van der Waals surface area contributed by atoms with Crippen molar-refractivity contribution >= 4 is 5.91 Å². The monoisotopic (exact) mass is 212 g/mol. The molecular formula is C11H20N2O2. The van der Waals surface area contributed by atoms with E-state index in [0.29, 0.717) is 12.6 Å². The molecule has 1 fully saturated rings. The first-order valence-corrected chi connectivity index (χ1v) is 5.42. The Morgan fingerprint density at radius 1 is 1.73 bits per heavy atom. The number of carbonyl (C=O) groups is 1. The zero-order valence-electron chi connectivity index (χ0n) is 9.37. The average Bonchev–Trinajstić information content (AvgIpc) is 2.67. The van der Waals surface area contributed by atoms with Gasteiger partial charge < -0.3 is 15.0 Å². The molecule has 1 N–H and O–H groups in total. The third kappa shape index (κ3) is 3.64. The molecule has 1 heterocycles. The summed E-state index contributed by atoms with van der Waals surface area (Å²) < 4.78 is 5.15. The van der Waals surface area contributed by atoms with E-state index in [1.165, 1.54) is 0 Å².